The Kier molecular flexibility index (Phi) is 7.30. The first kappa shape index (κ1) is 22.2. The number of sulfonamides is 1. The minimum Gasteiger partial charge on any atom is -0.299 e. The molecular weight excluding hydrogens is 472 g/mol. The molecule has 3 rings (SSSR count). The van der Waals surface area contributed by atoms with Crippen LogP contribution in [0.25, 0.3) is 0 Å². The number of aryl methyl sites for hydroxylation is 1. The number of likely N-dealkylation sites (N-methyl/N-ethyl adjacent to an activating group) is 1. The summed E-state index contributed by atoms with van der Waals surface area (Å²) >= 11 is 9.51. The van der Waals surface area contributed by atoms with E-state index in [4.69, 9.17) is 11.6 Å². The van der Waals surface area contributed by atoms with Gasteiger partial charge in [-0.2, -0.15) is 4.31 Å². The Bertz CT molecular complexity index is 1100. The molecule has 0 saturated heterocycles. The summed E-state index contributed by atoms with van der Waals surface area (Å²) in [5.74, 6) is 0.248. The molecule has 0 aliphatic carbocycles. The van der Waals surface area contributed by atoms with Crippen molar-refractivity contribution in [1.82, 2.24) is 14.5 Å². The van der Waals surface area contributed by atoms with Crippen LogP contribution >= 0.6 is 46.0 Å². The fraction of sp³-hybridized carbons (Fsp3) is 0.235. The second-order valence-electron chi connectivity index (χ2n) is 6.02. The van der Waals surface area contributed by atoms with Crippen molar-refractivity contribution in [3.63, 3.8) is 0 Å². The Morgan fingerprint density at radius 1 is 1.17 bits per heavy atom. The van der Waals surface area contributed by atoms with Crippen molar-refractivity contribution < 1.29 is 13.2 Å². The van der Waals surface area contributed by atoms with Crippen molar-refractivity contribution in [2.45, 2.75) is 21.2 Å². The van der Waals surface area contributed by atoms with E-state index < -0.39 is 15.9 Å². The maximum Gasteiger partial charge on any atom is 0.252 e. The smallest absolute Gasteiger partial charge is 0.252 e. The van der Waals surface area contributed by atoms with E-state index in [1.54, 1.807) is 0 Å². The van der Waals surface area contributed by atoms with Gasteiger partial charge in [-0.3, -0.25) is 10.1 Å². The van der Waals surface area contributed by atoms with Crippen LogP contribution in [0.3, 0.4) is 0 Å². The van der Waals surface area contributed by atoms with Gasteiger partial charge in [0.25, 0.3) is 10.0 Å². The molecule has 0 saturated carbocycles. The molecule has 0 aliphatic rings. The van der Waals surface area contributed by atoms with Crippen molar-refractivity contribution >= 4 is 67.1 Å². The highest BCUT2D eigenvalue weighted by molar-refractivity contribution is 8.00. The highest BCUT2D eigenvalue weighted by Gasteiger charge is 2.25. The lowest BCUT2D eigenvalue weighted by atomic mass is 10.2. The minimum atomic E-state index is -3.77. The molecule has 0 radical (unpaired) electrons. The van der Waals surface area contributed by atoms with E-state index in [1.165, 1.54) is 53.4 Å². The van der Waals surface area contributed by atoms with Crippen LogP contribution in [0, 0.1) is 6.92 Å². The number of aromatic nitrogens is 2. The molecule has 7 nitrogen and oxygen atoms in total. The fourth-order valence-electron chi connectivity index (χ4n) is 2.18. The number of benzene rings is 1. The molecule has 0 atom stereocenters. The summed E-state index contributed by atoms with van der Waals surface area (Å²) in [6, 6.07) is 11.1. The molecule has 12 heteroatoms. The topological polar surface area (TPSA) is 92.3 Å². The zero-order valence-electron chi connectivity index (χ0n) is 15.5. The Hall–Kier alpha value is -1.50. The molecule has 0 bridgehead atoms. The third-order valence-electron chi connectivity index (χ3n) is 3.72. The van der Waals surface area contributed by atoms with Crippen molar-refractivity contribution in [2.75, 3.05) is 18.9 Å². The van der Waals surface area contributed by atoms with Gasteiger partial charge in [0, 0.05) is 12.8 Å². The largest absolute Gasteiger partial charge is 0.299 e. The molecule has 3 aromatic rings. The summed E-state index contributed by atoms with van der Waals surface area (Å²) in [5, 5.41) is 10.9. The molecule has 2 aromatic heterocycles. The molecule has 1 amide bonds. The molecule has 0 aliphatic heterocycles. The van der Waals surface area contributed by atoms with Crippen molar-refractivity contribution in [2.24, 2.45) is 0 Å². The fourth-order valence-corrected chi connectivity index (χ4v) is 6.73. The normalized spacial score (nSPS) is 11.7. The summed E-state index contributed by atoms with van der Waals surface area (Å²) in [4.78, 5) is 12.2. The third-order valence-corrected chi connectivity index (χ3v) is 9.26. The van der Waals surface area contributed by atoms with Gasteiger partial charge >= 0.3 is 0 Å². The van der Waals surface area contributed by atoms with Gasteiger partial charge in [0.15, 0.2) is 4.34 Å². The molecule has 1 aromatic carbocycles. The van der Waals surface area contributed by atoms with Crippen LogP contribution in [0.15, 0.2) is 44.9 Å². The standard InChI is InChI=1S/C17H17ClN4O3S4/c1-11-3-5-12(6-4-11)10-26-17-21-20-16(28-17)19-14(23)9-22(2)29(24,25)15-8-7-13(18)27-15/h3-8H,9-10H2,1-2H3,(H,19,20,23). The van der Waals surface area contributed by atoms with Gasteiger partial charge in [0.2, 0.25) is 11.0 Å². The van der Waals surface area contributed by atoms with Crippen LogP contribution in [0.2, 0.25) is 4.34 Å². The molecule has 0 spiro atoms. The number of hydrogen-bond donors (Lipinski definition) is 1. The van der Waals surface area contributed by atoms with E-state index in [2.05, 4.69) is 39.8 Å². The second-order valence-corrected chi connectivity index (χ2v) is 12.2. The average molecular weight is 489 g/mol. The van der Waals surface area contributed by atoms with Crippen molar-refractivity contribution in [3.8, 4) is 0 Å². The van der Waals surface area contributed by atoms with Crippen LogP contribution in [0.5, 0.6) is 0 Å². The monoisotopic (exact) mass is 488 g/mol. The third kappa shape index (κ3) is 6.00. The highest BCUT2D eigenvalue weighted by atomic mass is 35.5. The summed E-state index contributed by atoms with van der Waals surface area (Å²) in [6.07, 6.45) is 0. The minimum absolute atomic E-state index is 0.0866. The summed E-state index contributed by atoms with van der Waals surface area (Å²) in [7, 11) is -2.43. The number of thioether (sulfide) groups is 1. The summed E-state index contributed by atoms with van der Waals surface area (Å²) in [6.45, 7) is 1.69. The zero-order chi connectivity index (χ0) is 21.0. The molecule has 2 heterocycles. The maximum atomic E-state index is 12.4. The Labute approximate surface area is 186 Å². The van der Waals surface area contributed by atoms with Crippen molar-refractivity contribution in [3.05, 3.63) is 51.9 Å². The quantitative estimate of drug-likeness (QED) is 0.379. The first-order valence-corrected chi connectivity index (χ1v) is 12.7. The number of amides is 1. The zero-order valence-corrected chi connectivity index (χ0v) is 19.5. The first-order valence-electron chi connectivity index (χ1n) is 8.27. The number of anilines is 1. The average Bonchev–Trinajstić information content (AvgIpc) is 3.30. The number of carbonyl (C=O) groups excluding carboxylic acids is 1. The van der Waals surface area contributed by atoms with E-state index in [-0.39, 0.29) is 10.8 Å². The van der Waals surface area contributed by atoms with Gasteiger partial charge in [-0.1, -0.05) is 64.5 Å². The number of thiophene rings is 1. The highest BCUT2D eigenvalue weighted by Crippen LogP contribution is 2.29. The van der Waals surface area contributed by atoms with Crippen molar-refractivity contribution in [1.29, 1.82) is 0 Å². The summed E-state index contributed by atoms with van der Waals surface area (Å²) in [5.41, 5.74) is 2.37. The molecule has 154 valence electrons. The van der Waals surface area contributed by atoms with E-state index in [0.717, 1.165) is 25.7 Å². The number of nitrogens with one attached hydrogen (secondary N) is 1. The number of halogens is 1. The Balaban J connectivity index is 1.53. The SMILES string of the molecule is Cc1ccc(CSc2nnc(NC(=O)CN(C)S(=O)(=O)c3ccc(Cl)s3)s2)cc1. The molecule has 0 fully saturated rings. The van der Waals surface area contributed by atoms with Gasteiger partial charge in [-0.05, 0) is 24.6 Å². The van der Waals surface area contributed by atoms with Gasteiger partial charge in [-0.25, -0.2) is 8.42 Å². The summed E-state index contributed by atoms with van der Waals surface area (Å²) < 4.78 is 27.0. The molecule has 0 unspecified atom stereocenters. The number of rotatable bonds is 8. The number of carbonyl (C=O) groups is 1. The molecule has 1 N–H and O–H groups in total. The van der Waals surface area contributed by atoms with Crippen LogP contribution in [0.1, 0.15) is 11.1 Å². The van der Waals surface area contributed by atoms with E-state index in [9.17, 15) is 13.2 Å². The Morgan fingerprint density at radius 3 is 2.55 bits per heavy atom. The maximum absolute atomic E-state index is 12.4. The number of hydrogen-bond acceptors (Lipinski definition) is 8. The van der Waals surface area contributed by atoms with E-state index in [0.29, 0.717) is 9.47 Å². The lowest BCUT2D eigenvalue weighted by molar-refractivity contribution is -0.116. The van der Waals surface area contributed by atoms with Crippen LogP contribution in [-0.4, -0.2) is 42.4 Å². The van der Waals surface area contributed by atoms with Gasteiger partial charge < -0.3 is 0 Å². The van der Waals surface area contributed by atoms with Gasteiger partial charge in [0.1, 0.15) is 4.21 Å². The van der Waals surface area contributed by atoms with Gasteiger partial charge in [-0.15, -0.1) is 21.5 Å². The van der Waals surface area contributed by atoms with Gasteiger partial charge in [0.05, 0.1) is 10.9 Å². The predicted molar refractivity (Wildman–Crippen MR) is 118 cm³/mol. The second kappa shape index (κ2) is 9.54. The first-order chi connectivity index (χ1) is 13.7. The predicted octanol–water partition coefficient (Wildman–Crippen LogP) is 4.11. The molecule has 29 heavy (non-hydrogen) atoms. The van der Waals surface area contributed by atoms with Crippen LogP contribution in [0.4, 0.5) is 5.13 Å². The van der Waals surface area contributed by atoms with Crippen LogP contribution < -0.4 is 5.32 Å². The Morgan fingerprint density at radius 2 is 1.90 bits per heavy atom. The number of nitrogens with zero attached hydrogens (tertiary/aromatic N) is 3. The molecular formula is C17H17ClN4O3S4. The lowest BCUT2D eigenvalue weighted by Crippen LogP contribution is -2.34. The van der Waals surface area contributed by atoms with Crippen LogP contribution in [-0.2, 0) is 20.6 Å². The lowest BCUT2D eigenvalue weighted by Gasteiger charge is -2.14. The van der Waals surface area contributed by atoms with E-state index in [1.807, 2.05) is 6.92 Å². The van der Waals surface area contributed by atoms with E-state index >= 15 is 0 Å².